The molecule has 2 rings (SSSR count). The molecule has 0 aliphatic carbocycles. The lowest BCUT2D eigenvalue weighted by Gasteiger charge is -2.06. The smallest absolute Gasteiger partial charge is 0.163 e. The SMILES string of the molecule is CC(=O)c1cnn(-c2ccc(C)c(Br)c2)c1C. The van der Waals surface area contributed by atoms with E-state index in [9.17, 15) is 4.79 Å². The molecular weight excluding hydrogens is 280 g/mol. The average Bonchev–Trinajstić information content (AvgIpc) is 2.64. The fourth-order valence-corrected chi connectivity index (χ4v) is 2.10. The Balaban J connectivity index is 2.53. The van der Waals surface area contributed by atoms with Crippen LogP contribution in [0, 0.1) is 13.8 Å². The minimum absolute atomic E-state index is 0.0416. The maximum atomic E-state index is 11.4. The number of hydrogen-bond donors (Lipinski definition) is 0. The largest absolute Gasteiger partial charge is 0.294 e. The quantitative estimate of drug-likeness (QED) is 0.795. The van der Waals surface area contributed by atoms with Crippen molar-refractivity contribution in [3.63, 3.8) is 0 Å². The van der Waals surface area contributed by atoms with Gasteiger partial charge in [-0.05, 0) is 38.5 Å². The van der Waals surface area contributed by atoms with Gasteiger partial charge in [0.1, 0.15) is 0 Å². The molecule has 0 amide bonds. The van der Waals surface area contributed by atoms with Crippen LogP contribution in [-0.4, -0.2) is 15.6 Å². The molecule has 0 aliphatic rings. The summed E-state index contributed by atoms with van der Waals surface area (Å²) in [5.41, 5.74) is 3.66. The van der Waals surface area contributed by atoms with Crippen LogP contribution in [-0.2, 0) is 0 Å². The zero-order valence-corrected chi connectivity index (χ0v) is 11.6. The van der Waals surface area contributed by atoms with Gasteiger partial charge >= 0.3 is 0 Å². The molecule has 3 nitrogen and oxygen atoms in total. The molecule has 0 unspecified atom stereocenters. The van der Waals surface area contributed by atoms with E-state index in [0.717, 1.165) is 15.9 Å². The summed E-state index contributed by atoms with van der Waals surface area (Å²) in [4.78, 5) is 11.4. The van der Waals surface area contributed by atoms with Gasteiger partial charge < -0.3 is 0 Å². The Morgan fingerprint density at radius 1 is 1.35 bits per heavy atom. The van der Waals surface area contributed by atoms with Gasteiger partial charge in [-0.3, -0.25) is 4.79 Å². The second-order valence-corrected chi connectivity index (χ2v) is 4.90. The fraction of sp³-hybridized carbons (Fsp3) is 0.231. The number of benzene rings is 1. The van der Waals surface area contributed by atoms with Crippen LogP contribution >= 0.6 is 15.9 Å². The Morgan fingerprint density at radius 3 is 2.59 bits per heavy atom. The Hall–Kier alpha value is -1.42. The Morgan fingerprint density at radius 2 is 2.06 bits per heavy atom. The lowest BCUT2D eigenvalue weighted by Crippen LogP contribution is -2.01. The van der Waals surface area contributed by atoms with Gasteiger partial charge in [0.2, 0.25) is 0 Å². The Kier molecular flexibility index (Phi) is 3.15. The van der Waals surface area contributed by atoms with E-state index >= 15 is 0 Å². The molecule has 88 valence electrons. The monoisotopic (exact) mass is 292 g/mol. The van der Waals surface area contributed by atoms with Crippen molar-refractivity contribution >= 4 is 21.7 Å². The molecule has 0 spiro atoms. The number of ketones is 1. The maximum Gasteiger partial charge on any atom is 0.163 e. The summed E-state index contributed by atoms with van der Waals surface area (Å²) in [7, 11) is 0. The topological polar surface area (TPSA) is 34.9 Å². The summed E-state index contributed by atoms with van der Waals surface area (Å²) >= 11 is 3.50. The first-order chi connectivity index (χ1) is 8.00. The average molecular weight is 293 g/mol. The van der Waals surface area contributed by atoms with Crippen LogP contribution in [0.1, 0.15) is 28.5 Å². The van der Waals surface area contributed by atoms with Crippen LogP contribution in [0.2, 0.25) is 0 Å². The van der Waals surface area contributed by atoms with E-state index < -0.39 is 0 Å². The van der Waals surface area contributed by atoms with E-state index in [2.05, 4.69) is 21.0 Å². The van der Waals surface area contributed by atoms with Crippen LogP contribution in [0.3, 0.4) is 0 Å². The molecule has 0 saturated carbocycles. The van der Waals surface area contributed by atoms with Gasteiger partial charge in [0.15, 0.2) is 5.78 Å². The molecule has 0 bridgehead atoms. The van der Waals surface area contributed by atoms with E-state index in [0.29, 0.717) is 5.56 Å². The van der Waals surface area contributed by atoms with Gasteiger partial charge in [0.25, 0.3) is 0 Å². The minimum Gasteiger partial charge on any atom is -0.294 e. The standard InChI is InChI=1S/C13H13BrN2O/c1-8-4-5-11(6-13(8)14)16-9(2)12(7-15-16)10(3)17/h4-7H,1-3H3. The highest BCUT2D eigenvalue weighted by molar-refractivity contribution is 9.10. The van der Waals surface area contributed by atoms with Crippen molar-refractivity contribution in [1.29, 1.82) is 0 Å². The highest BCUT2D eigenvalue weighted by atomic mass is 79.9. The zero-order chi connectivity index (χ0) is 12.6. The molecule has 1 heterocycles. The van der Waals surface area contributed by atoms with Gasteiger partial charge in [0.05, 0.1) is 23.1 Å². The number of halogens is 1. The molecule has 0 N–H and O–H groups in total. The summed E-state index contributed by atoms with van der Waals surface area (Å²) in [6.07, 6.45) is 1.62. The minimum atomic E-state index is 0.0416. The first-order valence-corrected chi connectivity index (χ1v) is 6.12. The van der Waals surface area contributed by atoms with Crippen molar-refractivity contribution in [3.05, 3.63) is 45.7 Å². The van der Waals surface area contributed by atoms with Gasteiger partial charge in [-0.25, -0.2) is 4.68 Å². The molecule has 0 radical (unpaired) electrons. The van der Waals surface area contributed by atoms with Crippen LogP contribution in [0.25, 0.3) is 5.69 Å². The van der Waals surface area contributed by atoms with Gasteiger partial charge in [-0.15, -0.1) is 0 Å². The number of rotatable bonds is 2. The number of carbonyl (C=O) groups is 1. The molecule has 17 heavy (non-hydrogen) atoms. The van der Waals surface area contributed by atoms with E-state index in [1.165, 1.54) is 5.56 Å². The molecule has 0 aliphatic heterocycles. The second-order valence-electron chi connectivity index (χ2n) is 4.05. The fourth-order valence-electron chi connectivity index (χ4n) is 1.73. The summed E-state index contributed by atoms with van der Waals surface area (Å²) in [6, 6.07) is 6.01. The summed E-state index contributed by atoms with van der Waals surface area (Å²) in [5.74, 6) is 0.0416. The van der Waals surface area contributed by atoms with Crippen LogP contribution in [0.15, 0.2) is 28.9 Å². The third kappa shape index (κ3) is 2.17. The summed E-state index contributed by atoms with van der Waals surface area (Å²) in [6.45, 7) is 5.49. The Labute approximate surface area is 109 Å². The maximum absolute atomic E-state index is 11.4. The molecule has 0 fully saturated rings. The molecule has 4 heteroatoms. The number of aromatic nitrogens is 2. The van der Waals surface area contributed by atoms with Crippen LogP contribution in [0.5, 0.6) is 0 Å². The predicted octanol–water partition coefficient (Wildman–Crippen LogP) is 3.45. The third-order valence-corrected chi connectivity index (χ3v) is 3.64. The second kappa shape index (κ2) is 4.45. The highest BCUT2D eigenvalue weighted by Crippen LogP contribution is 2.21. The van der Waals surface area contributed by atoms with E-state index in [4.69, 9.17) is 0 Å². The molecule has 1 aromatic carbocycles. The van der Waals surface area contributed by atoms with E-state index in [-0.39, 0.29) is 5.78 Å². The molecular formula is C13H13BrN2O. The lowest BCUT2D eigenvalue weighted by atomic mass is 10.2. The van der Waals surface area contributed by atoms with Gasteiger partial charge in [-0.2, -0.15) is 5.10 Å². The van der Waals surface area contributed by atoms with Crippen molar-refractivity contribution in [1.82, 2.24) is 9.78 Å². The normalized spacial score (nSPS) is 10.6. The number of carbonyl (C=O) groups excluding carboxylic acids is 1. The number of nitrogens with zero attached hydrogens (tertiary/aromatic N) is 2. The van der Waals surface area contributed by atoms with Gasteiger partial charge in [0, 0.05) is 4.47 Å². The van der Waals surface area contributed by atoms with Crippen molar-refractivity contribution < 1.29 is 4.79 Å². The lowest BCUT2D eigenvalue weighted by molar-refractivity contribution is 0.101. The molecule has 0 atom stereocenters. The number of aryl methyl sites for hydroxylation is 1. The predicted molar refractivity (Wildman–Crippen MR) is 70.7 cm³/mol. The first-order valence-electron chi connectivity index (χ1n) is 5.33. The zero-order valence-electron chi connectivity index (χ0n) is 9.99. The number of Topliss-reactive ketones (excluding diaryl/α,β-unsaturated/α-hetero) is 1. The third-order valence-electron chi connectivity index (χ3n) is 2.79. The van der Waals surface area contributed by atoms with Crippen molar-refractivity contribution in [2.45, 2.75) is 20.8 Å². The van der Waals surface area contributed by atoms with Gasteiger partial charge in [-0.1, -0.05) is 22.0 Å². The Bertz CT molecular complexity index is 587. The first kappa shape index (κ1) is 12.0. The van der Waals surface area contributed by atoms with E-state index in [1.807, 2.05) is 32.0 Å². The summed E-state index contributed by atoms with van der Waals surface area (Å²) < 4.78 is 2.82. The van der Waals surface area contributed by atoms with Crippen LogP contribution < -0.4 is 0 Å². The highest BCUT2D eigenvalue weighted by Gasteiger charge is 2.11. The van der Waals surface area contributed by atoms with Crippen molar-refractivity contribution in [3.8, 4) is 5.69 Å². The van der Waals surface area contributed by atoms with Crippen molar-refractivity contribution in [2.75, 3.05) is 0 Å². The molecule has 0 saturated heterocycles. The summed E-state index contributed by atoms with van der Waals surface area (Å²) in [5, 5.41) is 4.25. The number of hydrogen-bond acceptors (Lipinski definition) is 2. The van der Waals surface area contributed by atoms with Crippen LogP contribution in [0.4, 0.5) is 0 Å². The molecule has 1 aromatic heterocycles. The van der Waals surface area contributed by atoms with Crippen molar-refractivity contribution in [2.24, 2.45) is 0 Å². The van der Waals surface area contributed by atoms with E-state index in [1.54, 1.807) is 17.8 Å². The molecule has 2 aromatic rings.